The number of anilines is 1. The van der Waals surface area contributed by atoms with Crippen molar-refractivity contribution >= 4 is 33.7 Å². The maximum absolute atomic E-state index is 11.5. The van der Waals surface area contributed by atoms with Crippen LogP contribution in [0, 0.1) is 0 Å². The number of carbonyl (C=O) groups is 1. The smallest absolute Gasteiger partial charge is 0.319 e. The van der Waals surface area contributed by atoms with Gasteiger partial charge in [-0.3, -0.25) is 9.35 Å². The lowest BCUT2D eigenvalue weighted by Gasteiger charge is -2.15. The SMILES string of the molecule is CCOC(=O)CNCCN(c1nnc(-c2ccccc2)s1)S(=O)O. The van der Waals surface area contributed by atoms with Gasteiger partial charge in [0.2, 0.25) is 5.13 Å². The van der Waals surface area contributed by atoms with Gasteiger partial charge in [0.1, 0.15) is 5.01 Å². The number of hydrogen-bond donors (Lipinski definition) is 2. The van der Waals surface area contributed by atoms with Gasteiger partial charge in [0, 0.05) is 18.7 Å². The summed E-state index contributed by atoms with van der Waals surface area (Å²) in [5.41, 5.74) is 0.894. The molecule has 0 saturated heterocycles. The maximum atomic E-state index is 11.5. The van der Waals surface area contributed by atoms with E-state index in [9.17, 15) is 13.6 Å². The Morgan fingerprint density at radius 2 is 2.12 bits per heavy atom. The van der Waals surface area contributed by atoms with Crippen molar-refractivity contribution in [2.24, 2.45) is 0 Å². The van der Waals surface area contributed by atoms with Gasteiger partial charge >= 0.3 is 5.97 Å². The van der Waals surface area contributed by atoms with Gasteiger partial charge in [-0.05, 0) is 6.92 Å². The molecule has 24 heavy (non-hydrogen) atoms. The van der Waals surface area contributed by atoms with E-state index in [4.69, 9.17) is 4.74 Å². The van der Waals surface area contributed by atoms with Crippen molar-refractivity contribution in [2.45, 2.75) is 6.92 Å². The second kappa shape index (κ2) is 9.42. The summed E-state index contributed by atoms with van der Waals surface area (Å²) in [5.74, 6) is -0.364. The van der Waals surface area contributed by atoms with Crippen LogP contribution in [0.4, 0.5) is 5.13 Å². The highest BCUT2D eigenvalue weighted by atomic mass is 32.2. The largest absolute Gasteiger partial charge is 0.465 e. The maximum Gasteiger partial charge on any atom is 0.319 e. The predicted octanol–water partition coefficient (Wildman–Crippen LogP) is 1.30. The Kier molecular flexibility index (Phi) is 7.25. The highest BCUT2D eigenvalue weighted by molar-refractivity contribution is 7.81. The second-order valence-corrected chi connectivity index (χ2v) is 6.43. The van der Waals surface area contributed by atoms with Crippen molar-refractivity contribution in [3.63, 3.8) is 0 Å². The molecule has 10 heteroatoms. The number of nitrogens with zero attached hydrogens (tertiary/aromatic N) is 3. The molecule has 0 spiro atoms. The summed E-state index contributed by atoms with van der Waals surface area (Å²) in [4.78, 5) is 11.2. The first-order valence-electron chi connectivity index (χ1n) is 7.25. The van der Waals surface area contributed by atoms with Crippen LogP contribution < -0.4 is 9.62 Å². The van der Waals surface area contributed by atoms with Gasteiger partial charge in [-0.15, -0.1) is 10.2 Å². The number of ether oxygens (including phenoxy) is 1. The quantitative estimate of drug-likeness (QED) is 0.389. The van der Waals surface area contributed by atoms with E-state index in [1.807, 2.05) is 30.3 Å². The number of benzene rings is 1. The van der Waals surface area contributed by atoms with E-state index < -0.39 is 11.3 Å². The van der Waals surface area contributed by atoms with Crippen molar-refractivity contribution in [1.82, 2.24) is 15.5 Å². The van der Waals surface area contributed by atoms with Crippen LogP contribution in [0.5, 0.6) is 0 Å². The highest BCUT2D eigenvalue weighted by Crippen LogP contribution is 2.28. The molecule has 0 aliphatic rings. The first kappa shape index (κ1) is 18.5. The van der Waals surface area contributed by atoms with Crippen LogP contribution in [0.1, 0.15) is 6.92 Å². The molecule has 2 N–H and O–H groups in total. The minimum Gasteiger partial charge on any atom is -0.465 e. The van der Waals surface area contributed by atoms with E-state index in [0.717, 1.165) is 5.56 Å². The van der Waals surface area contributed by atoms with Crippen LogP contribution in [-0.4, -0.2) is 51.2 Å². The number of esters is 1. The molecule has 0 saturated carbocycles. The lowest BCUT2D eigenvalue weighted by atomic mass is 10.2. The molecule has 0 radical (unpaired) electrons. The Bertz CT molecular complexity index is 680. The summed E-state index contributed by atoms with van der Waals surface area (Å²) >= 11 is -1.00. The molecule has 8 nitrogen and oxygen atoms in total. The van der Waals surface area contributed by atoms with Crippen molar-refractivity contribution in [3.8, 4) is 10.6 Å². The fourth-order valence-corrected chi connectivity index (χ4v) is 3.34. The summed E-state index contributed by atoms with van der Waals surface area (Å²) in [6, 6.07) is 9.46. The molecule has 1 unspecified atom stereocenters. The summed E-state index contributed by atoms with van der Waals surface area (Å²) in [6.45, 7) is 2.62. The molecular weight excluding hydrogens is 352 g/mol. The number of carbonyl (C=O) groups excluding carboxylic acids is 1. The highest BCUT2D eigenvalue weighted by Gasteiger charge is 2.18. The van der Waals surface area contributed by atoms with Gasteiger partial charge in [-0.25, -0.2) is 8.51 Å². The molecule has 130 valence electrons. The third kappa shape index (κ3) is 5.34. The molecule has 0 bridgehead atoms. The van der Waals surface area contributed by atoms with Crippen LogP contribution in [0.25, 0.3) is 10.6 Å². The monoisotopic (exact) mass is 370 g/mol. The molecule has 1 aromatic heterocycles. The van der Waals surface area contributed by atoms with Crippen molar-refractivity contribution in [1.29, 1.82) is 0 Å². The first-order valence-corrected chi connectivity index (χ1v) is 9.13. The fourth-order valence-electron chi connectivity index (χ4n) is 1.84. The molecule has 1 atom stereocenters. The Hall–Kier alpha value is -1.88. The lowest BCUT2D eigenvalue weighted by molar-refractivity contribution is -0.141. The molecule has 0 aliphatic heterocycles. The fraction of sp³-hybridized carbons (Fsp3) is 0.357. The van der Waals surface area contributed by atoms with Gasteiger partial charge in [0.25, 0.3) is 11.3 Å². The van der Waals surface area contributed by atoms with E-state index >= 15 is 0 Å². The van der Waals surface area contributed by atoms with Gasteiger partial charge in [0.05, 0.1) is 13.2 Å². The number of rotatable bonds is 9. The zero-order valence-corrected chi connectivity index (χ0v) is 14.7. The molecule has 0 amide bonds. The van der Waals surface area contributed by atoms with E-state index in [2.05, 4.69) is 15.5 Å². The van der Waals surface area contributed by atoms with E-state index in [0.29, 0.717) is 23.3 Å². The first-order chi connectivity index (χ1) is 11.6. The molecular formula is C14H18N4O4S2. The average Bonchev–Trinajstić information content (AvgIpc) is 3.05. The third-order valence-electron chi connectivity index (χ3n) is 2.90. The lowest BCUT2D eigenvalue weighted by Crippen LogP contribution is -2.35. The Morgan fingerprint density at radius 3 is 2.79 bits per heavy atom. The number of nitrogens with one attached hydrogen (secondary N) is 1. The van der Waals surface area contributed by atoms with E-state index in [-0.39, 0.29) is 19.1 Å². The Morgan fingerprint density at radius 1 is 1.38 bits per heavy atom. The van der Waals surface area contributed by atoms with Crippen LogP contribution in [-0.2, 0) is 20.8 Å². The van der Waals surface area contributed by atoms with Gasteiger partial charge in [-0.1, -0.05) is 41.7 Å². The zero-order valence-electron chi connectivity index (χ0n) is 13.0. The zero-order chi connectivity index (χ0) is 17.4. The van der Waals surface area contributed by atoms with Crippen molar-refractivity contribution in [3.05, 3.63) is 30.3 Å². The minimum absolute atomic E-state index is 0.0468. The van der Waals surface area contributed by atoms with Crippen LogP contribution >= 0.6 is 11.3 Å². The topological polar surface area (TPSA) is 105 Å². The van der Waals surface area contributed by atoms with Gasteiger partial charge in [-0.2, -0.15) is 0 Å². The summed E-state index contributed by atoms with van der Waals surface area (Å²) in [6.07, 6.45) is 0. The van der Waals surface area contributed by atoms with Gasteiger partial charge in [0.15, 0.2) is 0 Å². The van der Waals surface area contributed by atoms with E-state index in [1.54, 1.807) is 6.92 Å². The normalized spacial score (nSPS) is 11.9. The number of aromatic nitrogens is 2. The Labute approximate surface area is 146 Å². The second-order valence-electron chi connectivity index (χ2n) is 4.57. The third-order valence-corrected chi connectivity index (χ3v) is 4.75. The summed E-state index contributed by atoms with van der Waals surface area (Å²) in [5, 5.41) is 11.9. The van der Waals surface area contributed by atoms with Crippen molar-refractivity contribution < 1.29 is 18.3 Å². The van der Waals surface area contributed by atoms with E-state index in [1.165, 1.54) is 15.6 Å². The predicted molar refractivity (Wildman–Crippen MR) is 93.0 cm³/mol. The van der Waals surface area contributed by atoms with Crippen LogP contribution in [0.3, 0.4) is 0 Å². The minimum atomic E-state index is -2.23. The molecule has 1 aromatic carbocycles. The summed E-state index contributed by atoms with van der Waals surface area (Å²) < 4.78 is 27.0. The van der Waals surface area contributed by atoms with Crippen molar-refractivity contribution in [2.75, 3.05) is 30.5 Å². The molecule has 2 rings (SSSR count). The summed E-state index contributed by atoms with van der Waals surface area (Å²) in [7, 11) is 0. The standard InChI is InChI=1S/C14H18N4O4S2/c1-2-22-12(19)10-15-8-9-18(24(20)21)14-17-16-13(23-14)11-6-4-3-5-7-11/h3-7,15H,2,8-10H2,1H3,(H,20,21). The molecule has 1 heterocycles. The van der Waals surface area contributed by atoms with Crippen LogP contribution in [0.15, 0.2) is 30.3 Å². The van der Waals surface area contributed by atoms with Gasteiger partial charge < -0.3 is 10.1 Å². The molecule has 0 aliphatic carbocycles. The molecule has 2 aromatic rings. The van der Waals surface area contributed by atoms with Crippen LogP contribution in [0.2, 0.25) is 0 Å². The average molecular weight is 370 g/mol. The molecule has 0 fully saturated rings. The number of hydrogen-bond acceptors (Lipinski definition) is 7. The Balaban J connectivity index is 1.95.